The van der Waals surface area contributed by atoms with E-state index in [0.717, 1.165) is 25.7 Å². The summed E-state index contributed by atoms with van der Waals surface area (Å²) in [6.45, 7) is 2.29. The largest absolute Gasteiger partial charge is 0.473 e. The van der Waals surface area contributed by atoms with Crippen molar-refractivity contribution in [3.05, 3.63) is 11.0 Å². The lowest BCUT2D eigenvalue weighted by atomic mass is 10.2. The molecule has 0 amide bonds. The molecule has 150 valence electrons. The zero-order valence-electron chi connectivity index (χ0n) is 14.8. The molecule has 2 fully saturated rings. The van der Waals surface area contributed by atoms with Crippen LogP contribution in [-0.4, -0.2) is 64.3 Å². The number of pyridine rings is 1. The Balaban J connectivity index is 1.70. The van der Waals surface area contributed by atoms with Gasteiger partial charge in [0.25, 0.3) is 0 Å². The summed E-state index contributed by atoms with van der Waals surface area (Å²) in [4.78, 5) is 5.42. The maximum atomic E-state index is 14.3. The van der Waals surface area contributed by atoms with Gasteiger partial charge >= 0.3 is 0 Å². The van der Waals surface area contributed by atoms with Crippen molar-refractivity contribution in [2.24, 2.45) is 0 Å². The lowest BCUT2D eigenvalue weighted by Gasteiger charge is -2.34. The van der Waals surface area contributed by atoms with E-state index in [0.29, 0.717) is 19.8 Å². The molecule has 3 aliphatic heterocycles. The van der Waals surface area contributed by atoms with Crippen LogP contribution in [0.15, 0.2) is 4.90 Å². The van der Waals surface area contributed by atoms with Crippen LogP contribution in [0.4, 0.5) is 10.1 Å². The highest BCUT2D eigenvalue weighted by Crippen LogP contribution is 2.43. The van der Waals surface area contributed by atoms with Crippen molar-refractivity contribution in [1.29, 1.82) is 0 Å². The molecular formula is C17H22ClFN2O5S. The normalized spacial score (nSPS) is 27.0. The maximum absolute atomic E-state index is 14.3. The Morgan fingerprint density at radius 1 is 1.22 bits per heavy atom. The number of fused-ring (bicyclic) bond motifs is 1. The molecule has 0 bridgehead atoms. The average Bonchev–Trinajstić information content (AvgIpc) is 3.32. The fourth-order valence-electron chi connectivity index (χ4n) is 3.76. The molecule has 1 aromatic heterocycles. The topological polar surface area (TPSA) is 78.0 Å². The molecule has 10 heteroatoms. The predicted octanol–water partition coefficient (Wildman–Crippen LogP) is 2.20. The number of ether oxygens (including phenoxy) is 3. The summed E-state index contributed by atoms with van der Waals surface area (Å²) in [5.74, 6) is -1.23. The van der Waals surface area contributed by atoms with E-state index in [1.165, 1.54) is 0 Å². The highest BCUT2D eigenvalue weighted by atomic mass is 35.5. The highest BCUT2D eigenvalue weighted by molar-refractivity contribution is 7.91. The highest BCUT2D eigenvalue weighted by Gasteiger charge is 2.38. The summed E-state index contributed by atoms with van der Waals surface area (Å²) in [5.41, 5.74) is 0.237. The molecule has 2 atom stereocenters. The molecule has 4 heterocycles. The minimum Gasteiger partial charge on any atom is -0.473 e. The molecule has 0 aliphatic carbocycles. The van der Waals surface area contributed by atoms with Gasteiger partial charge in [0.15, 0.2) is 9.84 Å². The first-order valence-corrected chi connectivity index (χ1v) is 11.2. The first-order chi connectivity index (χ1) is 13.0. The standard InChI is InChI=1S/C17H22ClFN2O5S/c18-13-15-14(17(20-16(13)19)26-10-12-4-2-7-25-12)21(5-8-27(15,22)23)9-11-3-1-6-24-11/h11-12H,1-10H2. The lowest BCUT2D eigenvalue weighted by molar-refractivity contribution is 0.0659. The van der Waals surface area contributed by atoms with Crippen LogP contribution in [0.25, 0.3) is 0 Å². The number of rotatable bonds is 5. The van der Waals surface area contributed by atoms with E-state index in [9.17, 15) is 12.8 Å². The van der Waals surface area contributed by atoms with E-state index in [1.54, 1.807) is 0 Å². The van der Waals surface area contributed by atoms with Crippen molar-refractivity contribution in [3.63, 3.8) is 0 Å². The molecular weight excluding hydrogens is 399 g/mol. The van der Waals surface area contributed by atoms with Gasteiger partial charge in [0.1, 0.15) is 22.2 Å². The van der Waals surface area contributed by atoms with E-state index in [-0.39, 0.29) is 47.6 Å². The minimum absolute atomic E-state index is 0.00602. The molecule has 0 aromatic carbocycles. The van der Waals surface area contributed by atoms with Gasteiger partial charge in [0.2, 0.25) is 11.8 Å². The second-order valence-electron chi connectivity index (χ2n) is 7.05. The summed E-state index contributed by atoms with van der Waals surface area (Å²) in [5, 5.41) is -0.480. The zero-order chi connectivity index (χ0) is 19.0. The Hall–Kier alpha value is -1.16. The smallest absolute Gasteiger partial charge is 0.241 e. The predicted molar refractivity (Wildman–Crippen MR) is 96.9 cm³/mol. The van der Waals surface area contributed by atoms with Gasteiger partial charge < -0.3 is 19.1 Å². The van der Waals surface area contributed by atoms with Gasteiger partial charge in [0, 0.05) is 26.3 Å². The van der Waals surface area contributed by atoms with Crippen molar-refractivity contribution in [2.45, 2.75) is 42.8 Å². The Morgan fingerprint density at radius 2 is 1.93 bits per heavy atom. The van der Waals surface area contributed by atoms with Crippen LogP contribution in [0.2, 0.25) is 5.02 Å². The summed E-state index contributed by atoms with van der Waals surface area (Å²) in [6, 6.07) is 0. The number of hydrogen-bond acceptors (Lipinski definition) is 7. The number of sulfone groups is 1. The van der Waals surface area contributed by atoms with Crippen LogP contribution in [0, 0.1) is 5.95 Å². The fraction of sp³-hybridized carbons (Fsp3) is 0.706. The quantitative estimate of drug-likeness (QED) is 0.676. The number of aromatic nitrogens is 1. The Kier molecular flexibility index (Phi) is 5.46. The SMILES string of the molecule is O=S1(=O)CCN(CC2CCCO2)c2c(OCC3CCCO3)nc(F)c(Cl)c21. The van der Waals surface area contributed by atoms with Gasteiger partial charge in [-0.25, -0.2) is 8.42 Å². The molecule has 0 saturated carbocycles. The van der Waals surface area contributed by atoms with Crippen molar-refractivity contribution < 1.29 is 27.0 Å². The minimum atomic E-state index is -3.73. The summed E-state index contributed by atoms with van der Waals surface area (Å²) >= 11 is 6.02. The second kappa shape index (κ2) is 7.69. The lowest BCUT2D eigenvalue weighted by Crippen LogP contribution is -2.41. The summed E-state index contributed by atoms with van der Waals surface area (Å²) < 4.78 is 56.5. The Labute approximate surface area is 162 Å². The Bertz CT molecular complexity index is 810. The first kappa shape index (κ1) is 19.2. The van der Waals surface area contributed by atoms with Crippen molar-refractivity contribution >= 4 is 27.1 Å². The van der Waals surface area contributed by atoms with Crippen LogP contribution in [0.5, 0.6) is 5.88 Å². The van der Waals surface area contributed by atoms with Gasteiger partial charge in [-0.1, -0.05) is 11.6 Å². The number of anilines is 1. The van der Waals surface area contributed by atoms with Crippen LogP contribution in [0.1, 0.15) is 25.7 Å². The summed E-state index contributed by atoms with van der Waals surface area (Å²) in [6.07, 6.45) is 3.53. The van der Waals surface area contributed by atoms with Gasteiger partial charge in [0.05, 0.1) is 18.0 Å². The first-order valence-electron chi connectivity index (χ1n) is 9.18. The van der Waals surface area contributed by atoms with Gasteiger partial charge in [-0.2, -0.15) is 9.37 Å². The van der Waals surface area contributed by atoms with Crippen LogP contribution >= 0.6 is 11.6 Å². The molecule has 27 heavy (non-hydrogen) atoms. The maximum Gasteiger partial charge on any atom is 0.241 e. The molecule has 2 unspecified atom stereocenters. The second-order valence-corrected chi connectivity index (χ2v) is 9.47. The van der Waals surface area contributed by atoms with Crippen LogP contribution < -0.4 is 9.64 Å². The van der Waals surface area contributed by atoms with Gasteiger partial charge in [-0.3, -0.25) is 0 Å². The summed E-state index contributed by atoms with van der Waals surface area (Å²) in [7, 11) is -3.73. The van der Waals surface area contributed by atoms with Crippen LogP contribution in [-0.2, 0) is 19.3 Å². The third-order valence-electron chi connectivity index (χ3n) is 5.13. The molecule has 1 aromatic rings. The van der Waals surface area contributed by atoms with Crippen molar-refractivity contribution in [1.82, 2.24) is 4.98 Å². The molecule has 2 saturated heterocycles. The Morgan fingerprint density at radius 3 is 2.59 bits per heavy atom. The van der Waals surface area contributed by atoms with Crippen molar-refractivity contribution in [2.75, 3.05) is 43.6 Å². The van der Waals surface area contributed by atoms with E-state index < -0.39 is 20.8 Å². The molecule has 0 spiro atoms. The zero-order valence-corrected chi connectivity index (χ0v) is 16.4. The number of nitrogens with zero attached hydrogens (tertiary/aromatic N) is 2. The third-order valence-corrected chi connectivity index (χ3v) is 7.33. The van der Waals surface area contributed by atoms with E-state index in [4.69, 9.17) is 25.8 Å². The molecule has 4 rings (SSSR count). The number of halogens is 2. The van der Waals surface area contributed by atoms with Crippen molar-refractivity contribution in [3.8, 4) is 5.88 Å². The monoisotopic (exact) mass is 420 g/mol. The van der Waals surface area contributed by atoms with Gasteiger partial charge in [-0.15, -0.1) is 0 Å². The molecule has 3 aliphatic rings. The molecule has 0 radical (unpaired) electrons. The van der Waals surface area contributed by atoms with E-state index >= 15 is 0 Å². The third kappa shape index (κ3) is 3.87. The van der Waals surface area contributed by atoms with Gasteiger partial charge in [-0.05, 0) is 25.7 Å². The van der Waals surface area contributed by atoms with E-state index in [2.05, 4.69) is 4.98 Å². The number of hydrogen-bond donors (Lipinski definition) is 0. The molecule has 7 nitrogen and oxygen atoms in total. The van der Waals surface area contributed by atoms with Crippen LogP contribution in [0.3, 0.4) is 0 Å². The van der Waals surface area contributed by atoms with E-state index in [1.807, 2.05) is 4.90 Å². The average molecular weight is 421 g/mol. The molecule has 0 N–H and O–H groups in total. The fourth-order valence-corrected chi connectivity index (χ4v) is 5.78.